The highest BCUT2D eigenvalue weighted by molar-refractivity contribution is 6.28. The third-order valence-electron chi connectivity index (χ3n) is 6.34. The molecular weight excluding hydrogens is 448 g/mol. The number of esters is 1. The Kier molecular flexibility index (Phi) is 6.88. The van der Waals surface area contributed by atoms with E-state index in [1.807, 2.05) is 18.2 Å². The predicted molar refractivity (Wildman–Crippen MR) is 122 cm³/mol. The second-order valence-corrected chi connectivity index (χ2v) is 8.68. The topological polar surface area (TPSA) is 105 Å². The smallest absolute Gasteiger partial charge is 0.407 e. The van der Waals surface area contributed by atoms with Crippen molar-refractivity contribution >= 4 is 29.5 Å². The number of fused-ring (bicyclic) bond motifs is 1. The number of rotatable bonds is 6. The van der Waals surface area contributed by atoms with E-state index in [1.165, 1.54) is 4.90 Å². The number of carbonyl (C=O) groups excluding carboxylic acids is 1. The van der Waals surface area contributed by atoms with Gasteiger partial charge in [-0.1, -0.05) is 6.07 Å². The van der Waals surface area contributed by atoms with E-state index in [1.54, 1.807) is 19.2 Å². The molecule has 9 nitrogen and oxygen atoms in total. The van der Waals surface area contributed by atoms with E-state index >= 15 is 0 Å². The number of anilines is 1. The highest BCUT2D eigenvalue weighted by Crippen LogP contribution is 2.36. The van der Waals surface area contributed by atoms with Crippen LogP contribution in [-0.2, 0) is 22.5 Å². The van der Waals surface area contributed by atoms with Crippen LogP contribution in [0.1, 0.15) is 30.9 Å². The largest absolute Gasteiger partial charge is 0.492 e. The highest BCUT2D eigenvalue weighted by Gasteiger charge is 2.44. The van der Waals surface area contributed by atoms with Gasteiger partial charge in [-0.3, -0.25) is 4.79 Å². The van der Waals surface area contributed by atoms with Crippen LogP contribution >= 0.6 is 11.6 Å². The summed E-state index contributed by atoms with van der Waals surface area (Å²) in [5, 5.41) is 9.48. The Hall–Kier alpha value is -3.07. The van der Waals surface area contributed by atoms with Crippen molar-refractivity contribution < 1.29 is 24.2 Å². The molecule has 2 aliphatic rings. The molecule has 2 aliphatic heterocycles. The first kappa shape index (κ1) is 23.1. The molecule has 1 aromatic heterocycles. The van der Waals surface area contributed by atoms with E-state index in [2.05, 4.69) is 14.9 Å². The molecule has 0 aliphatic carbocycles. The van der Waals surface area contributed by atoms with Crippen LogP contribution in [0.4, 0.5) is 10.6 Å². The third-order valence-corrected chi connectivity index (χ3v) is 6.52. The Morgan fingerprint density at radius 1 is 1.18 bits per heavy atom. The molecule has 176 valence electrons. The summed E-state index contributed by atoms with van der Waals surface area (Å²) in [5.74, 6) is 1.08. The monoisotopic (exact) mass is 474 g/mol. The van der Waals surface area contributed by atoms with E-state index < -0.39 is 11.5 Å². The third kappa shape index (κ3) is 5.13. The molecule has 0 unspecified atom stereocenters. The first-order valence-electron chi connectivity index (χ1n) is 11.0. The second kappa shape index (κ2) is 9.82. The van der Waals surface area contributed by atoms with Crippen molar-refractivity contribution in [1.29, 1.82) is 0 Å². The lowest BCUT2D eigenvalue weighted by molar-refractivity contribution is -0.159. The molecule has 10 heteroatoms. The molecule has 1 N–H and O–H groups in total. The maximum absolute atomic E-state index is 12.9. The lowest BCUT2D eigenvalue weighted by Gasteiger charge is -2.40. The van der Waals surface area contributed by atoms with Gasteiger partial charge in [0.1, 0.15) is 23.6 Å². The van der Waals surface area contributed by atoms with Gasteiger partial charge in [-0.15, -0.1) is 0 Å². The standard InChI is InChI=1S/C23H27ClN4O5/c1-2-32-20(29)23(7-11-27(12-8-23)19-5-9-25-21(24)26-19)15-33-18-4-3-16-6-10-28(22(30)31)14-17(16)13-18/h3-5,9,13H,2,6-8,10-12,14-15H2,1H3,(H,30,31). The van der Waals surface area contributed by atoms with Crippen LogP contribution in [0.3, 0.4) is 0 Å². The Labute approximate surface area is 197 Å². The zero-order valence-corrected chi connectivity index (χ0v) is 19.3. The molecule has 3 heterocycles. The summed E-state index contributed by atoms with van der Waals surface area (Å²) in [7, 11) is 0. The zero-order valence-electron chi connectivity index (χ0n) is 18.5. The van der Waals surface area contributed by atoms with Crippen molar-refractivity contribution in [3.05, 3.63) is 46.9 Å². The van der Waals surface area contributed by atoms with Gasteiger partial charge in [-0.05, 0) is 67.1 Å². The van der Waals surface area contributed by atoms with Gasteiger partial charge in [0.2, 0.25) is 5.28 Å². The van der Waals surface area contributed by atoms with Crippen molar-refractivity contribution in [3.63, 3.8) is 0 Å². The van der Waals surface area contributed by atoms with Gasteiger partial charge >= 0.3 is 12.1 Å². The number of aromatic nitrogens is 2. The number of nitrogens with zero attached hydrogens (tertiary/aromatic N) is 4. The molecule has 1 amide bonds. The normalized spacial score (nSPS) is 17.3. The summed E-state index contributed by atoms with van der Waals surface area (Å²) >= 11 is 5.93. The molecule has 33 heavy (non-hydrogen) atoms. The quantitative estimate of drug-likeness (QED) is 0.501. The maximum Gasteiger partial charge on any atom is 0.407 e. The van der Waals surface area contributed by atoms with Gasteiger partial charge in [-0.25, -0.2) is 14.8 Å². The molecule has 0 spiro atoms. The molecule has 0 bridgehead atoms. The summed E-state index contributed by atoms with van der Waals surface area (Å²) in [4.78, 5) is 35.9. The fourth-order valence-electron chi connectivity index (χ4n) is 4.37. The molecule has 1 aromatic carbocycles. The lowest BCUT2D eigenvalue weighted by atomic mass is 9.79. The minimum absolute atomic E-state index is 0.186. The first-order valence-corrected chi connectivity index (χ1v) is 11.4. The fourth-order valence-corrected chi connectivity index (χ4v) is 4.51. The minimum atomic E-state index is -0.926. The van der Waals surface area contributed by atoms with Gasteiger partial charge in [0.25, 0.3) is 0 Å². The number of hydrogen-bond acceptors (Lipinski definition) is 7. The Morgan fingerprint density at radius 2 is 1.97 bits per heavy atom. The van der Waals surface area contributed by atoms with Gasteiger partial charge in [-0.2, -0.15) is 0 Å². The maximum atomic E-state index is 12.9. The predicted octanol–water partition coefficient (Wildman–Crippen LogP) is 3.39. The van der Waals surface area contributed by atoms with Gasteiger partial charge in [0, 0.05) is 32.4 Å². The molecule has 1 saturated heterocycles. The number of halogens is 1. The van der Waals surface area contributed by atoms with Crippen LogP contribution in [0.5, 0.6) is 5.75 Å². The molecule has 2 aromatic rings. The Bertz CT molecular complexity index is 1030. The molecule has 0 radical (unpaired) electrons. The Balaban J connectivity index is 1.46. The van der Waals surface area contributed by atoms with Crippen LogP contribution in [0, 0.1) is 5.41 Å². The number of hydrogen-bond donors (Lipinski definition) is 1. The van der Waals surface area contributed by atoms with E-state index in [4.69, 9.17) is 21.1 Å². The molecule has 4 rings (SSSR count). The van der Waals surface area contributed by atoms with Crippen LogP contribution < -0.4 is 9.64 Å². The summed E-state index contributed by atoms with van der Waals surface area (Å²) in [6, 6.07) is 7.53. The van der Waals surface area contributed by atoms with E-state index in [-0.39, 0.29) is 17.9 Å². The lowest BCUT2D eigenvalue weighted by Crippen LogP contribution is -2.48. The second-order valence-electron chi connectivity index (χ2n) is 8.35. The average Bonchev–Trinajstić information content (AvgIpc) is 2.82. The summed E-state index contributed by atoms with van der Waals surface area (Å²) < 4.78 is 11.5. The van der Waals surface area contributed by atoms with Gasteiger partial charge in [0.05, 0.1) is 6.61 Å². The molecule has 0 saturated carbocycles. The number of carbonyl (C=O) groups is 2. The van der Waals surface area contributed by atoms with Crippen molar-refractivity contribution in [2.24, 2.45) is 5.41 Å². The van der Waals surface area contributed by atoms with Crippen LogP contribution in [0.25, 0.3) is 0 Å². The zero-order chi connectivity index (χ0) is 23.4. The van der Waals surface area contributed by atoms with E-state index in [0.717, 1.165) is 16.9 Å². The van der Waals surface area contributed by atoms with Crippen LogP contribution in [0.2, 0.25) is 5.28 Å². The number of carboxylic acid groups (broad SMARTS) is 1. The highest BCUT2D eigenvalue weighted by atomic mass is 35.5. The van der Waals surface area contributed by atoms with Gasteiger partial charge in [0.15, 0.2) is 0 Å². The van der Waals surface area contributed by atoms with Crippen LogP contribution in [0.15, 0.2) is 30.5 Å². The van der Waals surface area contributed by atoms with E-state index in [0.29, 0.717) is 57.8 Å². The molecular formula is C23H27ClN4O5. The van der Waals surface area contributed by atoms with E-state index in [9.17, 15) is 14.7 Å². The van der Waals surface area contributed by atoms with Crippen molar-refractivity contribution in [3.8, 4) is 5.75 Å². The number of piperidine rings is 1. The minimum Gasteiger partial charge on any atom is -0.492 e. The summed E-state index contributed by atoms with van der Waals surface area (Å²) in [6.45, 7) is 4.31. The Morgan fingerprint density at radius 3 is 2.67 bits per heavy atom. The van der Waals surface area contributed by atoms with Crippen molar-refractivity contribution in [1.82, 2.24) is 14.9 Å². The number of benzene rings is 1. The fraction of sp³-hybridized carbons (Fsp3) is 0.478. The summed E-state index contributed by atoms with van der Waals surface area (Å²) in [6.07, 6.45) is 2.46. The van der Waals surface area contributed by atoms with Gasteiger partial charge < -0.3 is 24.4 Å². The SMILES string of the molecule is CCOC(=O)C1(COc2ccc3c(c2)CN(C(=O)O)CC3)CCN(c2ccnc(Cl)n2)CC1. The van der Waals surface area contributed by atoms with Crippen molar-refractivity contribution in [2.45, 2.75) is 32.7 Å². The summed E-state index contributed by atoms with van der Waals surface area (Å²) in [5.41, 5.74) is 1.28. The molecule has 1 fully saturated rings. The molecule has 0 atom stereocenters. The van der Waals surface area contributed by atoms with Crippen LogP contribution in [-0.4, -0.2) is 64.9 Å². The average molecular weight is 475 g/mol. The van der Waals surface area contributed by atoms with Crippen molar-refractivity contribution in [2.75, 3.05) is 37.7 Å². The number of ether oxygens (including phenoxy) is 2. The number of amides is 1. The first-order chi connectivity index (χ1) is 15.9.